The van der Waals surface area contributed by atoms with Gasteiger partial charge in [-0.2, -0.15) is 0 Å². The highest BCUT2D eigenvalue weighted by Gasteiger charge is 2.34. The van der Waals surface area contributed by atoms with E-state index in [0.29, 0.717) is 0 Å². The molecule has 104 valence electrons. The zero-order chi connectivity index (χ0) is 13.9. The molecular formula is C16H23NO2. The third-order valence-electron chi connectivity index (χ3n) is 4.18. The fourth-order valence-corrected chi connectivity index (χ4v) is 2.97. The molecule has 0 saturated heterocycles. The summed E-state index contributed by atoms with van der Waals surface area (Å²) >= 11 is 0. The van der Waals surface area contributed by atoms with Crippen LogP contribution in [0.15, 0.2) is 34.9 Å². The number of aliphatic hydroxyl groups is 1. The maximum absolute atomic E-state index is 9.64. The van der Waals surface area contributed by atoms with Crippen LogP contribution in [0.3, 0.4) is 0 Å². The van der Waals surface area contributed by atoms with Crippen LogP contribution in [0.5, 0.6) is 0 Å². The lowest BCUT2D eigenvalue weighted by Gasteiger charge is -2.37. The molecule has 0 bridgehead atoms. The Bertz CT molecular complexity index is 530. The molecule has 0 radical (unpaired) electrons. The Labute approximate surface area is 114 Å². The summed E-state index contributed by atoms with van der Waals surface area (Å²) in [4.78, 5) is 0. The number of benzene rings is 1. The van der Waals surface area contributed by atoms with Gasteiger partial charge in [-0.1, -0.05) is 26.3 Å². The standard InChI is InChI=1S/C16H23NO2/c1-4-8-16(2,15(11-18)17-3)13-5-6-14-12(10-13)7-9-19-14/h5-7,9-10,15,17-18H,4,8,11H2,1-3H3. The van der Waals surface area contributed by atoms with Crippen LogP contribution in [-0.2, 0) is 5.41 Å². The van der Waals surface area contributed by atoms with Gasteiger partial charge in [0.25, 0.3) is 0 Å². The highest BCUT2D eigenvalue weighted by Crippen LogP contribution is 2.34. The zero-order valence-electron chi connectivity index (χ0n) is 11.9. The summed E-state index contributed by atoms with van der Waals surface area (Å²) in [5.41, 5.74) is 2.08. The highest BCUT2D eigenvalue weighted by molar-refractivity contribution is 5.78. The topological polar surface area (TPSA) is 45.4 Å². The van der Waals surface area contributed by atoms with Crippen LogP contribution in [0.1, 0.15) is 32.3 Å². The minimum Gasteiger partial charge on any atom is -0.464 e. The molecule has 0 amide bonds. The molecule has 3 heteroatoms. The van der Waals surface area contributed by atoms with Crippen LogP contribution in [0.2, 0.25) is 0 Å². The minimum absolute atomic E-state index is 0.0526. The molecule has 0 saturated carbocycles. The molecule has 0 aliphatic rings. The molecule has 0 aliphatic heterocycles. The van der Waals surface area contributed by atoms with Crippen LogP contribution in [0.25, 0.3) is 11.0 Å². The number of furan rings is 1. The second-order valence-electron chi connectivity index (χ2n) is 5.36. The lowest BCUT2D eigenvalue weighted by molar-refractivity contribution is 0.182. The van der Waals surface area contributed by atoms with Crippen molar-refractivity contribution in [2.75, 3.05) is 13.7 Å². The van der Waals surface area contributed by atoms with E-state index >= 15 is 0 Å². The summed E-state index contributed by atoms with van der Waals surface area (Å²) in [6, 6.07) is 8.34. The lowest BCUT2D eigenvalue weighted by atomic mass is 9.72. The summed E-state index contributed by atoms with van der Waals surface area (Å²) in [5, 5.41) is 14.0. The van der Waals surface area contributed by atoms with Crippen molar-refractivity contribution in [3.8, 4) is 0 Å². The van der Waals surface area contributed by atoms with E-state index in [-0.39, 0.29) is 18.1 Å². The van der Waals surface area contributed by atoms with Gasteiger partial charge in [-0.05, 0) is 37.2 Å². The number of nitrogens with one attached hydrogen (secondary N) is 1. The Balaban J connectivity index is 2.46. The van der Waals surface area contributed by atoms with Crippen molar-refractivity contribution in [3.05, 3.63) is 36.1 Å². The van der Waals surface area contributed by atoms with E-state index in [2.05, 4.69) is 31.3 Å². The van der Waals surface area contributed by atoms with Crippen molar-refractivity contribution in [1.29, 1.82) is 0 Å². The highest BCUT2D eigenvalue weighted by atomic mass is 16.3. The molecule has 2 rings (SSSR count). The second kappa shape index (κ2) is 5.76. The molecule has 0 spiro atoms. The maximum atomic E-state index is 9.64. The molecule has 1 aromatic heterocycles. The summed E-state index contributed by atoms with van der Waals surface area (Å²) in [6.45, 7) is 4.53. The van der Waals surface area contributed by atoms with Crippen molar-refractivity contribution in [2.45, 2.75) is 38.1 Å². The first-order valence-electron chi connectivity index (χ1n) is 6.91. The minimum atomic E-state index is -0.0797. The lowest BCUT2D eigenvalue weighted by Crippen LogP contribution is -2.47. The molecule has 19 heavy (non-hydrogen) atoms. The fourth-order valence-electron chi connectivity index (χ4n) is 2.97. The third kappa shape index (κ3) is 2.53. The molecule has 0 fully saturated rings. The van der Waals surface area contributed by atoms with Crippen molar-refractivity contribution in [3.63, 3.8) is 0 Å². The normalized spacial score (nSPS) is 16.4. The molecule has 1 heterocycles. The van der Waals surface area contributed by atoms with Crippen molar-refractivity contribution >= 4 is 11.0 Å². The summed E-state index contributed by atoms with van der Waals surface area (Å²) in [5.74, 6) is 0. The van der Waals surface area contributed by atoms with Gasteiger partial charge in [-0.15, -0.1) is 0 Å². The number of hydrogen-bond donors (Lipinski definition) is 2. The Morgan fingerprint density at radius 2 is 2.16 bits per heavy atom. The SMILES string of the molecule is CCCC(C)(c1ccc2occc2c1)C(CO)NC. The average Bonchev–Trinajstić information content (AvgIpc) is 2.87. The third-order valence-corrected chi connectivity index (χ3v) is 4.18. The summed E-state index contributed by atoms with van der Waals surface area (Å²) in [6.07, 6.45) is 3.83. The van der Waals surface area contributed by atoms with Gasteiger partial charge >= 0.3 is 0 Å². The first kappa shape index (κ1) is 14.1. The molecular weight excluding hydrogens is 238 g/mol. The Morgan fingerprint density at radius 1 is 1.37 bits per heavy atom. The number of hydrogen-bond acceptors (Lipinski definition) is 3. The van der Waals surface area contributed by atoms with Gasteiger partial charge in [-0.25, -0.2) is 0 Å². The maximum Gasteiger partial charge on any atom is 0.133 e. The average molecular weight is 261 g/mol. The number of aliphatic hydroxyl groups excluding tert-OH is 1. The molecule has 2 aromatic rings. The fraction of sp³-hybridized carbons (Fsp3) is 0.500. The number of likely N-dealkylation sites (N-methyl/N-ethyl adjacent to an activating group) is 1. The van der Waals surface area contributed by atoms with E-state index in [1.807, 2.05) is 19.2 Å². The molecule has 2 unspecified atom stereocenters. The predicted octanol–water partition coefficient (Wildman–Crippen LogP) is 3.07. The van der Waals surface area contributed by atoms with Crippen molar-refractivity contribution in [2.24, 2.45) is 0 Å². The molecule has 2 N–H and O–H groups in total. The smallest absolute Gasteiger partial charge is 0.133 e. The van der Waals surface area contributed by atoms with Crippen LogP contribution in [0, 0.1) is 0 Å². The first-order valence-corrected chi connectivity index (χ1v) is 6.91. The predicted molar refractivity (Wildman–Crippen MR) is 78.4 cm³/mol. The van der Waals surface area contributed by atoms with Gasteiger partial charge in [0.05, 0.1) is 12.9 Å². The second-order valence-corrected chi connectivity index (χ2v) is 5.36. The molecule has 3 nitrogen and oxygen atoms in total. The van der Waals surface area contributed by atoms with E-state index in [1.54, 1.807) is 6.26 Å². The van der Waals surface area contributed by atoms with Gasteiger partial charge in [0.2, 0.25) is 0 Å². The van der Waals surface area contributed by atoms with Gasteiger partial charge in [0, 0.05) is 16.8 Å². The van der Waals surface area contributed by atoms with E-state index in [9.17, 15) is 5.11 Å². The molecule has 2 atom stereocenters. The monoisotopic (exact) mass is 261 g/mol. The van der Waals surface area contributed by atoms with E-state index in [0.717, 1.165) is 23.8 Å². The molecule has 1 aromatic carbocycles. The van der Waals surface area contributed by atoms with Crippen LogP contribution < -0.4 is 5.32 Å². The van der Waals surface area contributed by atoms with E-state index in [4.69, 9.17) is 4.42 Å². The van der Waals surface area contributed by atoms with Crippen LogP contribution in [0.4, 0.5) is 0 Å². The Kier molecular flexibility index (Phi) is 4.27. The van der Waals surface area contributed by atoms with Crippen molar-refractivity contribution < 1.29 is 9.52 Å². The van der Waals surface area contributed by atoms with Crippen LogP contribution >= 0.6 is 0 Å². The van der Waals surface area contributed by atoms with E-state index < -0.39 is 0 Å². The summed E-state index contributed by atoms with van der Waals surface area (Å²) < 4.78 is 5.39. The van der Waals surface area contributed by atoms with Gasteiger partial charge < -0.3 is 14.8 Å². The number of fused-ring (bicyclic) bond motifs is 1. The zero-order valence-corrected chi connectivity index (χ0v) is 11.9. The largest absolute Gasteiger partial charge is 0.464 e. The van der Waals surface area contributed by atoms with Crippen molar-refractivity contribution in [1.82, 2.24) is 5.32 Å². The van der Waals surface area contributed by atoms with Crippen LogP contribution in [-0.4, -0.2) is 24.8 Å². The van der Waals surface area contributed by atoms with Gasteiger partial charge in [0.1, 0.15) is 5.58 Å². The van der Waals surface area contributed by atoms with Gasteiger partial charge in [-0.3, -0.25) is 0 Å². The van der Waals surface area contributed by atoms with Gasteiger partial charge in [0.15, 0.2) is 0 Å². The Hall–Kier alpha value is -1.32. The number of rotatable bonds is 6. The summed E-state index contributed by atoms with van der Waals surface area (Å²) in [7, 11) is 1.91. The first-order chi connectivity index (χ1) is 9.15. The quantitative estimate of drug-likeness (QED) is 0.840. The Morgan fingerprint density at radius 3 is 2.79 bits per heavy atom. The van der Waals surface area contributed by atoms with E-state index in [1.165, 1.54) is 5.56 Å². The molecule has 0 aliphatic carbocycles.